The Bertz CT molecular complexity index is 267. The highest BCUT2D eigenvalue weighted by Gasteiger charge is 1.97. The normalized spacial score (nSPS) is 25.7. The fourth-order valence-electron chi connectivity index (χ4n) is 1.18. The van der Waals surface area contributed by atoms with E-state index in [9.17, 15) is 0 Å². The number of methoxy groups -OCH3 is 1. The first-order valence-electron chi connectivity index (χ1n) is 5.16. The van der Waals surface area contributed by atoms with Crippen LogP contribution in [0.1, 0.15) is 19.8 Å². The standard InChI is InChI=1S/C12H18O2S/c1-11-5-3-4-6-12(8-7-11)15-14-10-9-13-2/h5-8H,3-4,9-10H2,1-2H3/b8-7-,11-5+,12-6+. The first kappa shape index (κ1) is 12.6. The van der Waals surface area contributed by atoms with Gasteiger partial charge in [-0.25, -0.2) is 0 Å². The van der Waals surface area contributed by atoms with Crippen LogP contribution in [0.4, 0.5) is 0 Å². The third kappa shape index (κ3) is 5.82. The molecule has 0 spiro atoms. The molecule has 0 saturated heterocycles. The van der Waals surface area contributed by atoms with Gasteiger partial charge in [0.1, 0.15) is 0 Å². The van der Waals surface area contributed by atoms with E-state index in [1.165, 1.54) is 22.5 Å². The van der Waals surface area contributed by atoms with E-state index in [-0.39, 0.29) is 0 Å². The van der Waals surface area contributed by atoms with Gasteiger partial charge in [-0.15, -0.1) is 0 Å². The summed E-state index contributed by atoms with van der Waals surface area (Å²) in [6, 6.07) is 0. The molecule has 0 aliphatic heterocycles. The third-order valence-corrected chi connectivity index (χ3v) is 2.79. The second kappa shape index (κ2) is 7.74. The van der Waals surface area contributed by atoms with Gasteiger partial charge < -0.3 is 8.92 Å². The molecule has 0 atom stereocenters. The predicted octanol–water partition coefficient (Wildman–Crippen LogP) is 3.48. The zero-order chi connectivity index (χ0) is 10.9. The first-order chi connectivity index (χ1) is 7.33. The summed E-state index contributed by atoms with van der Waals surface area (Å²) in [5, 5.41) is 0. The maximum Gasteiger partial charge on any atom is 0.0852 e. The van der Waals surface area contributed by atoms with Gasteiger partial charge in [0.05, 0.1) is 13.2 Å². The van der Waals surface area contributed by atoms with Crippen LogP contribution in [0, 0.1) is 0 Å². The molecule has 1 rings (SSSR count). The summed E-state index contributed by atoms with van der Waals surface area (Å²) < 4.78 is 10.3. The highest BCUT2D eigenvalue weighted by molar-refractivity contribution is 7.98. The fraction of sp³-hybridized carbons (Fsp3) is 0.500. The number of hydrogen-bond donors (Lipinski definition) is 0. The Morgan fingerprint density at radius 2 is 2.00 bits per heavy atom. The van der Waals surface area contributed by atoms with Crippen molar-refractivity contribution in [3.8, 4) is 0 Å². The van der Waals surface area contributed by atoms with E-state index in [4.69, 9.17) is 8.92 Å². The molecular weight excluding hydrogens is 208 g/mol. The van der Waals surface area contributed by atoms with E-state index >= 15 is 0 Å². The van der Waals surface area contributed by atoms with Crippen LogP contribution in [-0.4, -0.2) is 20.3 Å². The highest BCUT2D eigenvalue weighted by Crippen LogP contribution is 2.21. The van der Waals surface area contributed by atoms with Crippen LogP contribution >= 0.6 is 12.0 Å². The quantitative estimate of drug-likeness (QED) is 0.528. The molecule has 0 heterocycles. The topological polar surface area (TPSA) is 18.5 Å². The average Bonchev–Trinajstić information content (AvgIpc) is 2.22. The van der Waals surface area contributed by atoms with E-state index in [0.717, 1.165) is 12.8 Å². The van der Waals surface area contributed by atoms with Crippen molar-refractivity contribution in [1.82, 2.24) is 0 Å². The van der Waals surface area contributed by atoms with Gasteiger partial charge in [-0.1, -0.05) is 23.8 Å². The molecule has 0 N–H and O–H groups in total. The van der Waals surface area contributed by atoms with Crippen molar-refractivity contribution in [3.05, 3.63) is 34.8 Å². The lowest BCUT2D eigenvalue weighted by Gasteiger charge is -2.05. The molecule has 1 aliphatic rings. The van der Waals surface area contributed by atoms with Crippen LogP contribution in [0.25, 0.3) is 0 Å². The van der Waals surface area contributed by atoms with E-state index in [1.807, 2.05) is 0 Å². The summed E-state index contributed by atoms with van der Waals surface area (Å²) in [6.07, 6.45) is 10.9. The SMILES string of the molecule is COCCOSC1=C/CC/C=C(C)/C=C\1. The van der Waals surface area contributed by atoms with Gasteiger partial charge in [-0.05, 0) is 25.8 Å². The van der Waals surface area contributed by atoms with Crippen LogP contribution in [0.5, 0.6) is 0 Å². The van der Waals surface area contributed by atoms with Crippen molar-refractivity contribution in [1.29, 1.82) is 0 Å². The minimum Gasteiger partial charge on any atom is -0.382 e. The van der Waals surface area contributed by atoms with Crippen LogP contribution in [0.3, 0.4) is 0 Å². The van der Waals surface area contributed by atoms with Crippen LogP contribution < -0.4 is 0 Å². The van der Waals surface area contributed by atoms with Crippen molar-refractivity contribution in [2.45, 2.75) is 19.8 Å². The molecule has 1 aliphatic carbocycles. The van der Waals surface area contributed by atoms with E-state index < -0.39 is 0 Å². The lowest BCUT2D eigenvalue weighted by atomic mass is 10.1. The second-order valence-corrected chi connectivity index (χ2v) is 4.24. The number of ether oxygens (including phenoxy) is 1. The summed E-state index contributed by atoms with van der Waals surface area (Å²) in [5.74, 6) is 0. The van der Waals surface area contributed by atoms with Gasteiger partial charge in [0.15, 0.2) is 0 Å². The van der Waals surface area contributed by atoms with Gasteiger partial charge in [0.2, 0.25) is 0 Å². The Morgan fingerprint density at radius 3 is 2.80 bits per heavy atom. The smallest absolute Gasteiger partial charge is 0.0852 e. The lowest BCUT2D eigenvalue weighted by molar-refractivity contribution is 0.157. The van der Waals surface area contributed by atoms with Crippen molar-refractivity contribution in [2.24, 2.45) is 0 Å². The summed E-state index contributed by atoms with van der Waals surface area (Å²) in [6.45, 7) is 3.39. The summed E-state index contributed by atoms with van der Waals surface area (Å²) >= 11 is 1.43. The third-order valence-electron chi connectivity index (χ3n) is 2.01. The molecule has 0 bridgehead atoms. The molecule has 0 saturated carbocycles. The molecule has 0 fully saturated rings. The number of hydrogen-bond acceptors (Lipinski definition) is 3. The van der Waals surface area contributed by atoms with E-state index in [1.54, 1.807) is 7.11 Å². The molecule has 0 unspecified atom stereocenters. The monoisotopic (exact) mass is 226 g/mol. The molecule has 0 aromatic rings. The van der Waals surface area contributed by atoms with Gasteiger partial charge in [-0.3, -0.25) is 0 Å². The van der Waals surface area contributed by atoms with Gasteiger partial charge in [-0.2, -0.15) is 0 Å². The Kier molecular flexibility index (Phi) is 6.48. The average molecular weight is 226 g/mol. The zero-order valence-corrected chi connectivity index (χ0v) is 10.2. The molecule has 3 heteroatoms. The Hall–Kier alpha value is -0.510. The largest absolute Gasteiger partial charge is 0.382 e. The summed E-state index contributed by atoms with van der Waals surface area (Å²) in [5.41, 5.74) is 1.32. The second-order valence-electron chi connectivity index (χ2n) is 3.36. The molecule has 0 aromatic heterocycles. The molecule has 15 heavy (non-hydrogen) atoms. The zero-order valence-electron chi connectivity index (χ0n) is 9.36. The minimum atomic E-state index is 0.626. The van der Waals surface area contributed by atoms with Crippen molar-refractivity contribution in [3.63, 3.8) is 0 Å². The van der Waals surface area contributed by atoms with Crippen molar-refractivity contribution in [2.75, 3.05) is 20.3 Å². The molecule has 0 amide bonds. The van der Waals surface area contributed by atoms with Crippen LogP contribution in [0.15, 0.2) is 34.8 Å². The van der Waals surface area contributed by atoms with Crippen LogP contribution in [-0.2, 0) is 8.92 Å². The Labute approximate surface area is 96.2 Å². The molecular formula is C12H18O2S. The van der Waals surface area contributed by atoms with Gasteiger partial charge >= 0.3 is 0 Å². The van der Waals surface area contributed by atoms with Gasteiger partial charge in [0, 0.05) is 24.1 Å². The molecule has 84 valence electrons. The molecule has 0 aromatic carbocycles. The Morgan fingerprint density at radius 1 is 1.20 bits per heavy atom. The van der Waals surface area contributed by atoms with Crippen LogP contribution in [0.2, 0.25) is 0 Å². The predicted molar refractivity (Wildman–Crippen MR) is 65.6 cm³/mol. The summed E-state index contributed by atoms with van der Waals surface area (Å²) in [7, 11) is 1.68. The minimum absolute atomic E-state index is 0.626. The number of allylic oxidation sites excluding steroid dienone is 5. The molecule has 2 nitrogen and oxygen atoms in total. The highest BCUT2D eigenvalue weighted by atomic mass is 32.2. The van der Waals surface area contributed by atoms with Crippen molar-refractivity contribution >= 4 is 12.0 Å². The first-order valence-corrected chi connectivity index (χ1v) is 5.90. The van der Waals surface area contributed by atoms with E-state index in [0.29, 0.717) is 13.2 Å². The van der Waals surface area contributed by atoms with E-state index in [2.05, 4.69) is 31.2 Å². The molecule has 0 radical (unpaired) electrons. The maximum absolute atomic E-state index is 5.40. The van der Waals surface area contributed by atoms with Crippen molar-refractivity contribution < 1.29 is 8.92 Å². The fourth-order valence-corrected chi connectivity index (χ4v) is 1.77. The summed E-state index contributed by atoms with van der Waals surface area (Å²) in [4.78, 5) is 1.18. The Balaban J connectivity index is 2.33. The number of rotatable bonds is 5. The lowest BCUT2D eigenvalue weighted by Crippen LogP contribution is -1.96. The van der Waals surface area contributed by atoms with Gasteiger partial charge in [0.25, 0.3) is 0 Å². The maximum atomic E-state index is 5.40.